The van der Waals surface area contributed by atoms with Gasteiger partial charge in [-0.15, -0.1) is 0 Å². The van der Waals surface area contributed by atoms with Crippen molar-refractivity contribution in [2.75, 3.05) is 0 Å². The van der Waals surface area contributed by atoms with E-state index in [1.54, 1.807) is 12.1 Å². The van der Waals surface area contributed by atoms with E-state index >= 15 is 0 Å². The van der Waals surface area contributed by atoms with Crippen LogP contribution in [0.1, 0.15) is 49.7 Å². The Labute approximate surface area is 170 Å². The summed E-state index contributed by atoms with van der Waals surface area (Å²) >= 11 is 0. The van der Waals surface area contributed by atoms with Crippen molar-refractivity contribution >= 4 is 0 Å². The lowest BCUT2D eigenvalue weighted by atomic mass is 9.79. The quantitative estimate of drug-likeness (QED) is 0.422. The van der Waals surface area contributed by atoms with E-state index in [0.717, 1.165) is 11.5 Å². The van der Waals surface area contributed by atoms with Crippen molar-refractivity contribution in [1.82, 2.24) is 0 Å². The van der Waals surface area contributed by atoms with Crippen molar-refractivity contribution in [3.63, 3.8) is 0 Å². The fraction of sp³-hybridized carbons (Fsp3) is 0.308. The maximum absolute atomic E-state index is 14.8. The maximum Gasteiger partial charge on any atom is 0.166 e. The van der Waals surface area contributed by atoms with Crippen molar-refractivity contribution in [2.24, 2.45) is 5.92 Å². The zero-order chi connectivity index (χ0) is 20.5. The highest BCUT2D eigenvalue weighted by molar-refractivity contribution is 5.71. The minimum Gasteiger partial charge on any atom is -0.206 e. The molecule has 1 fully saturated rings. The first-order chi connectivity index (χ1) is 13.9. The number of rotatable bonds is 3. The topological polar surface area (TPSA) is 0 Å². The lowest BCUT2D eigenvalue weighted by Gasteiger charge is -2.26. The van der Waals surface area contributed by atoms with Gasteiger partial charge in [-0.05, 0) is 59.9 Å². The smallest absolute Gasteiger partial charge is 0.166 e. The number of aryl methyl sites for hydroxylation is 1. The molecule has 0 spiro atoms. The van der Waals surface area contributed by atoms with Crippen LogP contribution in [0.3, 0.4) is 0 Å². The van der Waals surface area contributed by atoms with Crippen LogP contribution in [0.25, 0.3) is 22.3 Å². The molecule has 0 amide bonds. The summed E-state index contributed by atoms with van der Waals surface area (Å²) in [5.74, 6) is -0.873. The molecule has 3 heteroatoms. The van der Waals surface area contributed by atoms with Gasteiger partial charge in [-0.2, -0.15) is 0 Å². The molecule has 0 unspecified atom stereocenters. The van der Waals surface area contributed by atoms with Crippen LogP contribution in [0, 0.1) is 30.3 Å². The summed E-state index contributed by atoms with van der Waals surface area (Å²) in [5, 5.41) is 0. The third-order valence-electron chi connectivity index (χ3n) is 6.26. The SMILES string of the molecule is Cc1ccc(-c2ccc(-c3ccc(C4CCC(C)CC4)cc3)c(F)c2)c(F)c1F. The fourth-order valence-corrected chi connectivity index (χ4v) is 4.31. The minimum absolute atomic E-state index is 0.0698. The Kier molecular flexibility index (Phi) is 5.49. The molecule has 0 bridgehead atoms. The predicted molar refractivity (Wildman–Crippen MR) is 112 cm³/mol. The Morgan fingerprint density at radius 3 is 1.97 bits per heavy atom. The predicted octanol–water partition coefficient (Wildman–Crippen LogP) is 8.04. The minimum atomic E-state index is -0.941. The van der Waals surface area contributed by atoms with E-state index < -0.39 is 17.5 Å². The number of hydrogen-bond donors (Lipinski definition) is 0. The highest BCUT2D eigenvalue weighted by Crippen LogP contribution is 2.37. The standard InChI is InChI=1S/C26H25F3/c1-16-3-6-18(7-4-16)19-8-10-20(11-9-19)22-14-12-21(15-24(22)27)23-13-5-17(2)25(28)26(23)29/h5,8-16,18H,3-4,6-7H2,1-2H3. The van der Waals surface area contributed by atoms with Crippen LogP contribution in [0.15, 0.2) is 54.6 Å². The molecule has 0 atom stereocenters. The summed E-state index contributed by atoms with van der Waals surface area (Å²) in [5.41, 5.74) is 3.20. The van der Waals surface area contributed by atoms with Crippen molar-refractivity contribution in [3.05, 3.63) is 83.2 Å². The normalized spacial score (nSPS) is 19.3. The summed E-state index contributed by atoms with van der Waals surface area (Å²) in [6.07, 6.45) is 4.95. The molecule has 0 aromatic heterocycles. The number of hydrogen-bond acceptors (Lipinski definition) is 0. The summed E-state index contributed by atoms with van der Waals surface area (Å²) in [4.78, 5) is 0. The van der Waals surface area contributed by atoms with Gasteiger partial charge in [-0.3, -0.25) is 0 Å². The second kappa shape index (κ2) is 8.06. The summed E-state index contributed by atoms with van der Waals surface area (Å²) in [7, 11) is 0. The summed E-state index contributed by atoms with van der Waals surface area (Å²) in [6.45, 7) is 3.81. The molecule has 0 nitrogen and oxygen atoms in total. The van der Waals surface area contributed by atoms with Crippen molar-refractivity contribution in [2.45, 2.75) is 45.4 Å². The van der Waals surface area contributed by atoms with Crippen LogP contribution >= 0.6 is 0 Å². The van der Waals surface area contributed by atoms with Gasteiger partial charge in [0.05, 0.1) is 0 Å². The van der Waals surface area contributed by atoms with Crippen molar-refractivity contribution in [3.8, 4) is 22.3 Å². The summed E-state index contributed by atoms with van der Waals surface area (Å²) < 4.78 is 42.9. The molecule has 4 rings (SSSR count). The average molecular weight is 394 g/mol. The molecular formula is C26H25F3. The van der Waals surface area contributed by atoms with Gasteiger partial charge in [0.15, 0.2) is 11.6 Å². The molecule has 150 valence electrons. The van der Waals surface area contributed by atoms with Gasteiger partial charge in [0.25, 0.3) is 0 Å². The third-order valence-corrected chi connectivity index (χ3v) is 6.26. The first-order valence-corrected chi connectivity index (χ1v) is 10.3. The van der Waals surface area contributed by atoms with E-state index in [0.29, 0.717) is 17.0 Å². The van der Waals surface area contributed by atoms with Crippen LogP contribution in [0.5, 0.6) is 0 Å². The van der Waals surface area contributed by atoms with E-state index in [1.807, 2.05) is 12.1 Å². The molecule has 1 aliphatic rings. The van der Waals surface area contributed by atoms with Gasteiger partial charge in [0.2, 0.25) is 0 Å². The molecular weight excluding hydrogens is 369 g/mol. The van der Waals surface area contributed by atoms with Gasteiger partial charge >= 0.3 is 0 Å². The molecule has 1 saturated carbocycles. The van der Waals surface area contributed by atoms with Gasteiger partial charge in [-0.25, -0.2) is 13.2 Å². The van der Waals surface area contributed by atoms with Crippen molar-refractivity contribution < 1.29 is 13.2 Å². The molecule has 3 aromatic carbocycles. The monoisotopic (exact) mass is 394 g/mol. The molecule has 0 N–H and O–H groups in total. The zero-order valence-electron chi connectivity index (χ0n) is 16.8. The lowest BCUT2D eigenvalue weighted by molar-refractivity contribution is 0.348. The first-order valence-electron chi connectivity index (χ1n) is 10.3. The van der Waals surface area contributed by atoms with Crippen molar-refractivity contribution in [1.29, 1.82) is 0 Å². The van der Waals surface area contributed by atoms with E-state index in [9.17, 15) is 13.2 Å². The van der Waals surface area contributed by atoms with E-state index in [-0.39, 0.29) is 11.1 Å². The molecule has 29 heavy (non-hydrogen) atoms. The van der Waals surface area contributed by atoms with Crippen LogP contribution < -0.4 is 0 Å². The van der Waals surface area contributed by atoms with Crippen LogP contribution in [0.2, 0.25) is 0 Å². The number of halogens is 3. The highest BCUT2D eigenvalue weighted by Gasteiger charge is 2.20. The second-order valence-corrected chi connectivity index (χ2v) is 8.33. The molecule has 3 aromatic rings. The molecule has 0 saturated heterocycles. The molecule has 0 radical (unpaired) electrons. The zero-order valence-corrected chi connectivity index (χ0v) is 16.8. The van der Waals surface area contributed by atoms with Crippen LogP contribution in [0.4, 0.5) is 13.2 Å². The Morgan fingerprint density at radius 2 is 1.31 bits per heavy atom. The molecule has 0 aliphatic heterocycles. The van der Waals surface area contributed by atoms with E-state index in [4.69, 9.17) is 0 Å². The largest absolute Gasteiger partial charge is 0.206 e. The maximum atomic E-state index is 14.8. The third kappa shape index (κ3) is 3.96. The average Bonchev–Trinajstić information content (AvgIpc) is 2.73. The van der Waals surface area contributed by atoms with E-state index in [2.05, 4.69) is 19.1 Å². The molecule has 0 heterocycles. The highest BCUT2D eigenvalue weighted by atomic mass is 19.2. The van der Waals surface area contributed by atoms with Gasteiger partial charge in [-0.1, -0.05) is 68.3 Å². The first kappa shape index (κ1) is 19.8. The summed E-state index contributed by atoms with van der Waals surface area (Å²) in [6, 6.07) is 15.7. The van der Waals surface area contributed by atoms with Gasteiger partial charge in [0.1, 0.15) is 5.82 Å². The van der Waals surface area contributed by atoms with Gasteiger partial charge in [0, 0.05) is 11.1 Å². The van der Waals surface area contributed by atoms with Gasteiger partial charge < -0.3 is 0 Å². The Morgan fingerprint density at radius 1 is 0.690 bits per heavy atom. The Bertz CT molecular complexity index is 1010. The Hall–Kier alpha value is -2.55. The van der Waals surface area contributed by atoms with Crippen LogP contribution in [-0.2, 0) is 0 Å². The lowest BCUT2D eigenvalue weighted by Crippen LogP contribution is -2.10. The Balaban J connectivity index is 1.59. The number of benzene rings is 3. The molecule has 1 aliphatic carbocycles. The second-order valence-electron chi connectivity index (χ2n) is 8.33. The van der Waals surface area contributed by atoms with Crippen LogP contribution in [-0.4, -0.2) is 0 Å². The van der Waals surface area contributed by atoms with E-state index in [1.165, 1.54) is 56.4 Å². The fourth-order valence-electron chi connectivity index (χ4n) is 4.31.